The second kappa shape index (κ2) is 4.89. The van der Waals surface area contributed by atoms with Crippen molar-refractivity contribution in [1.29, 1.82) is 0 Å². The number of nitrogens with two attached hydrogens (primary N) is 1. The highest BCUT2D eigenvalue weighted by atomic mass is 15.1. The number of nitrogens with zero attached hydrogens (tertiary/aromatic N) is 1. The van der Waals surface area contributed by atoms with Crippen LogP contribution in [0.3, 0.4) is 0 Å². The zero-order valence-corrected chi connectivity index (χ0v) is 11.6. The maximum absolute atomic E-state index is 6.07. The third-order valence-corrected chi connectivity index (χ3v) is 3.47. The summed E-state index contributed by atoms with van der Waals surface area (Å²) in [5.74, 6) is 0.537. The second-order valence-corrected chi connectivity index (χ2v) is 5.30. The molecule has 3 aromatic rings. The molecule has 0 radical (unpaired) electrons. The number of benzene rings is 2. The van der Waals surface area contributed by atoms with Crippen LogP contribution < -0.4 is 11.1 Å². The Balaban J connectivity index is 1.90. The van der Waals surface area contributed by atoms with Gasteiger partial charge in [0.25, 0.3) is 0 Å². The van der Waals surface area contributed by atoms with Gasteiger partial charge in [0.2, 0.25) is 0 Å². The third-order valence-electron chi connectivity index (χ3n) is 3.47. The molecule has 4 nitrogen and oxygen atoms in total. The van der Waals surface area contributed by atoms with Crippen LogP contribution in [0.15, 0.2) is 42.6 Å². The maximum Gasteiger partial charge on any atom is 0.0672 e. The number of aromatic nitrogens is 2. The van der Waals surface area contributed by atoms with Crippen molar-refractivity contribution < 1.29 is 0 Å². The molecule has 0 atom stereocenters. The first-order valence-corrected chi connectivity index (χ1v) is 6.73. The topological polar surface area (TPSA) is 66.7 Å². The SMILES string of the molecule is CC(C)c1ccc(Nc2cc3[nH]ncc3cc2N)cc1. The second-order valence-electron chi connectivity index (χ2n) is 5.30. The van der Waals surface area contributed by atoms with Gasteiger partial charge in [-0.25, -0.2) is 0 Å². The fraction of sp³-hybridized carbons (Fsp3) is 0.188. The summed E-state index contributed by atoms with van der Waals surface area (Å²) in [4.78, 5) is 0. The molecule has 0 fully saturated rings. The van der Waals surface area contributed by atoms with Crippen molar-refractivity contribution in [2.75, 3.05) is 11.1 Å². The van der Waals surface area contributed by atoms with Crippen LogP contribution in [0.5, 0.6) is 0 Å². The Morgan fingerprint density at radius 1 is 1.15 bits per heavy atom. The highest BCUT2D eigenvalue weighted by molar-refractivity contribution is 5.89. The van der Waals surface area contributed by atoms with Gasteiger partial charge < -0.3 is 11.1 Å². The van der Waals surface area contributed by atoms with Crippen molar-refractivity contribution in [3.05, 3.63) is 48.2 Å². The number of fused-ring (bicyclic) bond motifs is 1. The molecular weight excluding hydrogens is 248 g/mol. The minimum atomic E-state index is 0.537. The first-order valence-electron chi connectivity index (χ1n) is 6.73. The van der Waals surface area contributed by atoms with Crippen LogP contribution in [0.2, 0.25) is 0 Å². The van der Waals surface area contributed by atoms with Crippen molar-refractivity contribution in [2.24, 2.45) is 0 Å². The van der Waals surface area contributed by atoms with Gasteiger partial charge in [0.05, 0.1) is 23.1 Å². The molecule has 4 N–H and O–H groups in total. The molecule has 1 heterocycles. The molecule has 102 valence electrons. The number of H-pyrrole nitrogens is 1. The van der Waals surface area contributed by atoms with Crippen LogP contribution in [0, 0.1) is 0 Å². The summed E-state index contributed by atoms with van der Waals surface area (Å²) in [5, 5.41) is 11.3. The minimum absolute atomic E-state index is 0.537. The lowest BCUT2D eigenvalue weighted by Gasteiger charge is -2.11. The van der Waals surface area contributed by atoms with Gasteiger partial charge in [-0.2, -0.15) is 5.10 Å². The lowest BCUT2D eigenvalue weighted by molar-refractivity contribution is 0.867. The Bertz CT molecular complexity index is 726. The molecule has 0 saturated carbocycles. The van der Waals surface area contributed by atoms with Crippen LogP contribution in [0.1, 0.15) is 25.3 Å². The largest absolute Gasteiger partial charge is 0.397 e. The third kappa shape index (κ3) is 2.32. The molecule has 0 amide bonds. The van der Waals surface area contributed by atoms with E-state index in [1.807, 2.05) is 12.1 Å². The molecule has 0 unspecified atom stereocenters. The van der Waals surface area contributed by atoms with Crippen molar-refractivity contribution in [3.63, 3.8) is 0 Å². The normalized spacial score (nSPS) is 11.2. The quantitative estimate of drug-likeness (QED) is 0.627. The first-order chi connectivity index (χ1) is 9.63. The molecule has 0 bridgehead atoms. The summed E-state index contributed by atoms with van der Waals surface area (Å²) in [6, 6.07) is 12.3. The Morgan fingerprint density at radius 2 is 1.90 bits per heavy atom. The van der Waals surface area contributed by atoms with E-state index in [1.165, 1.54) is 5.56 Å². The van der Waals surface area contributed by atoms with E-state index in [0.717, 1.165) is 22.3 Å². The van der Waals surface area contributed by atoms with Gasteiger partial charge in [-0.15, -0.1) is 0 Å². The summed E-state index contributed by atoms with van der Waals surface area (Å²) in [5.41, 5.74) is 11.0. The van der Waals surface area contributed by atoms with E-state index >= 15 is 0 Å². The van der Waals surface area contributed by atoms with Crippen LogP contribution in [-0.2, 0) is 0 Å². The molecule has 1 aromatic heterocycles. The summed E-state index contributed by atoms with van der Waals surface area (Å²) in [6.45, 7) is 4.37. The molecular formula is C16H18N4. The lowest BCUT2D eigenvalue weighted by Crippen LogP contribution is -1.97. The first kappa shape index (κ1) is 12.5. The molecule has 0 aliphatic heterocycles. The van der Waals surface area contributed by atoms with E-state index in [2.05, 4.69) is 53.6 Å². The zero-order chi connectivity index (χ0) is 14.1. The van der Waals surface area contributed by atoms with Crippen molar-refractivity contribution in [2.45, 2.75) is 19.8 Å². The molecule has 0 saturated heterocycles. The predicted molar refractivity (Wildman–Crippen MR) is 84.3 cm³/mol. The Kier molecular flexibility index (Phi) is 3.06. The van der Waals surface area contributed by atoms with E-state index in [1.54, 1.807) is 6.20 Å². The molecule has 20 heavy (non-hydrogen) atoms. The summed E-state index contributed by atoms with van der Waals surface area (Å²) in [7, 11) is 0. The van der Waals surface area contributed by atoms with Gasteiger partial charge in [-0.05, 0) is 35.7 Å². The van der Waals surface area contributed by atoms with Crippen molar-refractivity contribution in [3.8, 4) is 0 Å². The average molecular weight is 266 g/mol. The molecule has 0 aliphatic carbocycles. The van der Waals surface area contributed by atoms with Crippen LogP contribution >= 0.6 is 0 Å². The van der Waals surface area contributed by atoms with E-state index < -0.39 is 0 Å². The number of anilines is 3. The minimum Gasteiger partial charge on any atom is -0.397 e. The van der Waals surface area contributed by atoms with E-state index in [-0.39, 0.29) is 0 Å². The van der Waals surface area contributed by atoms with Gasteiger partial charge >= 0.3 is 0 Å². The Hall–Kier alpha value is -2.49. The van der Waals surface area contributed by atoms with Gasteiger partial charge in [-0.1, -0.05) is 26.0 Å². The predicted octanol–water partition coefficient (Wildman–Crippen LogP) is 4.01. The molecule has 2 aromatic carbocycles. The number of aromatic amines is 1. The highest BCUT2D eigenvalue weighted by Gasteiger charge is 2.05. The van der Waals surface area contributed by atoms with Crippen LogP contribution in [0.25, 0.3) is 10.9 Å². The summed E-state index contributed by atoms with van der Waals surface area (Å²) >= 11 is 0. The highest BCUT2D eigenvalue weighted by Crippen LogP contribution is 2.28. The van der Waals surface area contributed by atoms with Crippen molar-refractivity contribution in [1.82, 2.24) is 10.2 Å². The number of hydrogen-bond acceptors (Lipinski definition) is 3. The van der Waals surface area contributed by atoms with Crippen LogP contribution in [0.4, 0.5) is 17.1 Å². The zero-order valence-electron chi connectivity index (χ0n) is 11.6. The Labute approximate surface area is 118 Å². The van der Waals surface area contributed by atoms with Gasteiger partial charge in [0.1, 0.15) is 0 Å². The number of rotatable bonds is 3. The fourth-order valence-electron chi connectivity index (χ4n) is 2.22. The lowest BCUT2D eigenvalue weighted by atomic mass is 10.0. The van der Waals surface area contributed by atoms with E-state index in [9.17, 15) is 0 Å². The van der Waals surface area contributed by atoms with Gasteiger partial charge in [0, 0.05) is 11.1 Å². The van der Waals surface area contributed by atoms with Gasteiger partial charge in [-0.3, -0.25) is 5.10 Å². The van der Waals surface area contributed by atoms with Crippen LogP contribution in [-0.4, -0.2) is 10.2 Å². The fourth-order valence-corrected chi connectivity index (χ4v) is 2.22. The summed E-state index contributed by atoms with van der Waals surface area (Å²) in [6.07, 6.45) is 1.77. The molecule has 4 heteroatoms. The summed E-state index contributed by atoms with van der Waals surface area (Å²) < 4.78 is 0. The van der Waals surface area contributed by atoms with E-state index in [0.29, 0.717) is 11.6 Å². The average Bonchev–Trinajstić information content (AvgIpc) is 2.87. The number of nitrogen functional groups attached to an aromatic ring is 1. The van der Waals surface area contributed by atoms with E-state index in [4.69, 9.17) is 5.73 Å². The number of hydrogen-bond donors (Lipinski definition) is 3. The monoisotopic (exact) mass is 266 g/mol. The molecule has 3 rings (SSSR count). The molecule has 0 aliphatic rings. The molecule has 0 spiro atoms. The Morgan fingerprint density at radius 3 is 2.60 bits per heavy atom. The van der Waals surface area contributed by atoms with Crippen molar-refractivity contribution >= 4 is 28.0 Å². The standard InChI is InChI=1S/C16H18N4/c1-10(2)11-3-5-13(6-4-11)19-16-8-15-12(7-14(16)17)9-18-20-15/h3-10,19H,17H2,1-2H3,(H,18,20). The smallest absolute Gasteiger partial charge is 0.0672 e. The van der Waals surface area contributed by atoms with Gasteiger partial charge in [0.15, 0.2) is 0 Å². The maximum atomic E-state index is 6.07. The number of nitrogens with one attached hydrogen (secondary N) is 2.